The van der Waals surface area contributed by atoms with E-state index in [9.17, 15) is 9.59 Å². The molecule has 0 aromatic heterocycles. The third kappa shape index (κ3) is 2.98. The van der Waals surface area contributed by atoms with Crippen LogP contribution < -0.4 is 4.90 Å². The van der Waals surface area contributed by atoms with Crippen molar-refractivity contribution in [3.8, 4) is 0 Å². The van der Waals surface area contributed by atoms with Crippen LogP contribution in [0.25, 0.3) is 0 Å². The number of ether oxygens (including phenoxy) is 1. The number of para-hydroxylation sites is 1. The molecule has 2 aliphatic rings. The van der Waals surface area contributed by atoms with Crippen LogP contribution in [0.4, 0.5) is 5.69 Å². The molecule has 2 heterocycles. The van der Waals surface area contributed by atoms with E-state index in [2.05, 4.69) is 0 Å². The average molecular weight is 320 g/mol. The highest BCUT2D eigenvalue weighted by Crippen LogP contribution is 2.34. The van der Waals surface area contributed by atoms with E-state index >= 15 is 0 Å². The normalized spacial score (nSPS) is 25.1. The fourth-order valence-electron chi connectivity index (χ4n) is 2.80. The largest absolute Gasteiger partial charge is 0.375 e. The van der Waals surface area contributed by atoms with Crippen LogP contribution in [0.2, 0.25) is 0 Å². The van der Waals surface area contributed by atoms with Gasteiger partial charge >= 0.3 is 0 Å². The molecule has 0 saturated carbocycles. The third-order valence-electron chi connectivity index (χ3n) is 4.03. The molecule has 1 aromatic carbocycles. The van der Waals surface area contributed by atoms with Crippen molar-refractivity contribution in [3.05, 3.63) is 24.3 Å². The quantitative estimate of drug-likeness (QED) is 0.833. The van der Waals surface area contributed by atoms with Crippen molar-refractivity contribution in [2.24, 2.45) is 0 Å². The van der Waals surface area contributed by atoms with E-state index in [-0.39, 0.29) is 30.5 Å². The number of carbonyl (C=O) groups is 2. The van der Waals surface area contributed by atoms with Gasteiger partial charge in [-0.15, -0.1) is 11.8 Å². The maximum atomic E-state index is 12.6. The van der Waals surface area contributed by atoms with Gasteiger partial charge in [-0.25, -0.2) is 0 Å². The lowest BCUT2D eigenvalue weighted by Crippen LogP contribution is -2.54. The summed E-state index contributed by atoms with van der Waals surface area (Å²) in [6, 6.07) is 7.79. The summed E-state index contributed by atoms with van der Waals surface area (Å²) >= 11 is 1.53. The number of hydrogen-bond donors (Lipinski definition) is 0. The second-order valence-electron chi connectivity index (χ2n) is 5.78. The van der Waals surface area contributed by atoms with Gasteiger partial charge in [0.05, 0.1) is 30.2 Å². The van der Waals surface area contributed by atoms with Crippen LogP contribution in [-0.2, 0) is 14.3 Å². The van der Waals surface area contributed by atoms with E-state index in [1.54, 1.807) is 4.90 Å². The molecule has 1 fully saturated rings. The Bertz CT molecular complexity index is 593. The number of fused-ring (bicyclic) bond motifs is 1. The summed E-state index contributed by atoms with van der Waals surface area (Å²) in [5.41, 5.74) is 0.839. The Hall–Kier alpha value is -1.53. The minimum Gasteiger partial charge on any atom is -0.375 e. The van der Waals surface area contributed by atoms with Crippen LogP contribution in [0, 0.1) is 0 Å². The number of anilines is 1. The molecule has 3 rings (SSSR count). The molecular formula is C16H20N2O3S. The molecule has 22 heavy (non-hydrogen) atoms. The second kappa shape index (κ2) is 6.30. The number of thioether (sulfide) groups is 1. The Morgan fingerprint density at radius 3 is 2.95 bits per heavy atom. The van der Waals surface area contributed by atoms with Crippen molar-refractivity contribution in [2.75, 3.05) is 30.3 Å². The molecule has 0 N–H and O–H groups in total. The van der Waals surface area contributed by atoms with Crippen LogP contribution in [0.15, 0.2) is 29.2 Å². The van der Waals surface area contributed by atoms with E-state index in [4.69, 9.17) is 4.74 Å². The SMILES string of the molecule is C[C@H]1CN(C(=O)CN2C(=O)CSc3ccccc32)[C@@H](C)CO1. The number of amides is 2. The van der Waals surface area contributed by atoms with Gasteiger partial charge < -0.3 is 14.5 Å². The lowest BCUT2D eigenvalue weighted by atomic mass is 10.2. The van der Waals surface area contributed by atoms with E-state index in [1.807, 2.05) is 43.0 Å². The van der Waals surface area contributed by atoms with Crippen molar-refractivity contribution in [1.29, 1.82) is 0 Å². The lowest BCUT2D eigenvalue weighted by molar-refractivity contribution is -0.142. The predicted octanol–water partition coefficient (Wildman–Crippen LogP) is 1.76. The number of hydrogen-bond acceptors (Lipinski definition) is 4. The maximum Gasteiger partial charge on any atom is 0.243 e. The zero-order valence-electron chi connectivity index (χ0n) is 12.8. The molecule has 118 valence electrons. The number of benzene rings is 1. The first-order valence-electron chi connectivity index (χ1n) is 7.49. The van der Waals surface area contributed by atoms with E-state index < -0.39 is 0 Å². The maximum absolute atomic E-state index is 12.6. The molecule has 2 atom stereocenters. The zero-order valence-corrected chi connectivity index (χ0v) is 13.6. The summed E-state index contributed by atoms with van der Waals surface area (Å²) in [6.45, 7) is 5.18. The van der Waals surface area contributed by atoms with Gasteiger partial charge in [-0.05, 0) is 26.0 Å². The number of morpholine rings is 1. The summed E-state index contributed by atoms with van der Waals surface area (Å²) < 4.78 is 5.56. The highest BCUT2D eigenvalue weighted by molar-refractivity contribution is 8.00. The summed E-state index contributed by atoms with van der Waals surface area (Å²) in [7, 11) is 0. The van der Waals surface area contributed by atoms with Gasteiger partial charge in [-0.2, -0.15) is 0 Å². The van der Waals surface area contributed by atoms with Gasteiger partial charge in [0.2, 0.25) is 11.8 Å². The molecule has 0 bridgehead atoms. The molecule has 2 aliphatic heterocycles. The molecule has 1 aromatic rings. The van der Waals surface area contributed by atoms with E-state index in [1.165, 1.54) is 11.8 Å². The standard InChI is InChI=1S/C16H20N2O3S/c1-11-9-21-12(2)7-17(11)15(19)8-18-13-5-3-4-6-14(13)22-10-16(18)20/h3-6,11-12H,7-10H2,1-2H3/t11-,12-/m0/s1. The molecule has 6 heteroatoms. The Morgan fingerprint density at radius 2 is 2.14 bits per heavy atom. The number of nitrogens with zero attached hydrogens (tertiary/aromatic N) is 2. The molecule has 5 nitrogen and oxygen atoms in total. The number of carbonyl (C=O) groups excluding carboxylic acids is 2. The smallest absolute Gasteiger partial charge is 0.243 e. The highest BCUT2D eigenvalue weighted by atomic mass is 32.2. The van der Waals surface area contributed by atoms with Crippen molar-refractivity contribution < 1.29 is 14.3 Å². The summed E-state index contributed by atoms with van der Waals surface area (Å²) in [6.07, 6.45) is 0.0417. The minimum absolute atomic E-state index is 0.00832. The van der Waals surface area contributed by atoms with Gasteiger partial charge in [-0.3, -0.25) is 9.59 Å². The van der Waals surface area contributed by atoms with Gasteiger partial charge in [0.15, 0.2) is 0 Å². The van der Waals surface area contributed by atoms with Crippen molar-refractivity contribution in [3.63, 3.8) is 0 Å². The Kier molecular flexibility index (Phi) is 4.40. The van der Waals surface area contributed by atoms with E-state index in [0.717, 1.165) is 10.6 Å². The molecule has 0 spiro atoms. The molecule has 0 aliphatic carbocycles. The van der Waals surface area contributed by atoms with Crippen molar-refractivity contribution in [2.45, 2.75) is 30.9 Å². The molecule has 1 saturated heterocycles. The first-order chi connectivity index (χ1) is 10.6. The predicted molar refractivity (Wildman–Crippen MR) is 86.1 cm³/mol. The third-order valence-corrected chi connectivity index (χ3v) is 5.08. The van der Waals surface area contributed by atoms with Gasteiger partial charge in [-0.1, -0.05) is 12.1 Å². The van der Waals surface area contributed by atoms with Gasteiger partial charge in [0.25, 0.3) is 0 Å². The number of rotatable bonds is 2. The lowest BCUT2D eigenvalue weighted by Gasteiger charge is -2.38. The summed E-state index contributed by atoms with van der Waals surface area (Å²) in [5, 5.41) is 0. The van der Waals surface area contributed by atoms with E-state index in [0.29, 0.717) is 18.9 Å². The summed E-state index contributed by atoms with van der Waals surface area (Å²) in [4.78, 5) is 29.4. The van der Waals surface area contributed by atoms with Gasteiger partial charge in [0, 0.05) is 11.4 Å². The molecular weight excluding hydrogens is 300 g/mol. The second-order valence-corrected chi connectivity index (χ2v) is 6.79. The fourth-order valence-corrected chi connectivity index (χ4v) is 3.74. The Morgan fingerprint density at radius 1 is 1.36 bits per heavy atom. The Balaban J connectivity index is 1.77. The van der Waals surface area contributed by atoms with Crippen LogP contribution in [0.5, 0.6) is 0 Å². The first-order valence-corrected chi connectivity index (χ1v) is 8.48. The average Bonchev–Trinajstić information content (AvgIpc) is 2.52. The Labute approximate surface area is 134 Å². The molecule has 0 radical (unpaired) electrons. The summed E-state index contributed by atoms with van der Waals surface area (Å²) in [5.74, 6) is 0.364. The zero-order chi connectivity index (χ0) is 15.7. The monoisotopic (exact) mass is 320 g/mol. The van der Waals surface area contributed by atoms with Crippen molar-refractivity contribution >= 4 is 29.3 Å². The van der Waals surface area contributed by atoms with Crippen molar-refractivity contribution in [1.82, 2.24) is 4.90 Å². The van der Waals surface area contributed by atoms with Crippen LogP contribution in [-0.4, -0.2) is 54.3 Å². The minimum atomic E-state index is -0.0160. The highest BCUT2D eigenvalue weighted by Gasteiger charge is 2.32. The van der Waals surface area contributed by atoms with Gasteiger partial charge in [0.1, 0.15) is 6.54 Å². The first kappa shape index (κ1) is 15.4. The van der Waals surface area contributed by atoms with Crippen LogP contribution in [0.1, 0.15) is 13.8 Å². The van der Waals surface area contributed by atoms with Crippen LogP contribution >= 0.6 is 11.8 Å². The van der Waals surface area contributed by atoms with Crippen LogP contribution in [0.3, 0.4) is 0 Å². The fraction of sp³-hybridized carbons (Fsp3) is 0.500. The molecule has 2 amide bonds. The topological polar surface area (TPSA) is 49.9 Å². The molecule has 0 unspecified atom stereocenters.